The van der Waals surface area contributed by atoms with Crippen molar-refractivity contribution in [3.8, 4) is 5.88 Å². The molecule has 2 rings (SSSR count). The van der Waals surface area contributed by atoms with Gasteiger partial charge in [-0.05, 0) is 18.2 Å². The standard InChI is InChI=1S/C11H8Cl3N3O3S/c1-20-11-10(16-9(14)5-15-11)17-21(18,19)8-3-2-6(12)4-7(8)13/h2-5H,1H3,(H,16,17). The summed E-state index contributed by atoms with van der Waals surface area (Å²) in [5.74, 6) is -0.163. The highest BCUT2D eigenvalue weighted by Gasteiger charge is 2.21. The number of benzene rings is 1. The normalized spacial score (nSPS) is 11.2. The molecule has 1 aromatic carbocycles. The summed E-state index contributed by atoms with van der Waals surface area (Å²) in [4.78, 5) is 7.48. The Balaban J connectivity index is 2.44. The number of anilines is 1. The minimum absolute atomic E-state index is 0.00991. The van der Waals surface area contributed by atoms with Crippen molar-refractivity contribution in [3.05, 3.63) is 39.6 Å². The Kier molecular flexibility index (Phi) is 4.77. The number of methoxy groups -OCH3 is 1. The maximum atomic E-state index is 12.3. The molecule has 0 unspecified atom stereocenters. The zero-order valence-electron chi connectivity index (χ0n) is 10.5. The summed E-state index contributed by atoms with van der Waals surface area (Å²) in [5, 5.41) is 0.304. The molecule has 0 spiro atoms. The largest absolute Gasteiger partial charge is 0.478 e. The van der Waals surface area contributed by atoms with E-state index in [4.69, 9.17) is 39.5 Å². The van der Waals surface area contributed by atoms with Crippen LogP contribution in [-0.2, 0) is 10.0 Å². The molecule has 1 aromatic heterocycles. The zero-order valence-corrected chi connectivity index (χ0v) is 13.6. The van der Waals surface area contributed by atoms with Crippen molar-refractivity contribution in [2.24, 2.45) is 0 Å². The van der Waals surface area contributed by atoms with Gasteiger partial charge in [0.15, 0.2) is 0 Å². The minimum Gasteiger partial charge on any atom is -0.478 e. The molecule has 112 valence electrons. The number of nitrogens with one attached hydrogen (secondary N) is 1. The van der Waals surface area contributed by atoms with E-state index in [2.05, 4.69) is 14.7 Å². The molecule has 0 atom stereocenters. The van der Waals surface area contributed by atoms with Crippen LogP contribution in [0, 0.1) is 0 Å². The van der Waals surface area contributed by atoms with Gasteiger partial charge in [0.05, 0.1) is 18.3 Å². The van der Waals surface area contributed by atoms with E-state index in [0.29, 0.717) is 5.02 Å². The Morgan fingerprint density at radius 3 is 2.57 bits per heavy atom. The lowest BCUT2D eigenvalue weighted by molar-refractivity contribution is 0.398. The van der Waals surface area contributed by atoms with Crippen LogP contribution in [0.3, 0.4) is 0 Å². The number of nitrogens with zero attached hydrogens (tertiary/aromatic N) is 2. The Hall–Kier alpha value is -1.28. The fraction of sp³-hybridized carbons (Fsp3) is 0.0909. The van der Waals surface area contributed by atoms with E-state index in [0.717, 1.165) is 0 Å². The Labute approximate surface area is 136 Å². The summed E-state index contributed by atoms with van der Waals surface area (Å²) in [6.07, 6.45) is 1.23. The van der Waals surface area contributed by atoms with Gasteiger partial charge < -0.3 is 4.74 Å². The average Bonchev–Trinajstić information content (AvgIpc) is 2.37. The third-order valence-electron chi connectivity index (χ3n) is 2.32. The first-order chi connectivity index (χ1) is 9.83. The molecule has 0 saturated carbocycles. The van der Waals surface area contributed by atoms with Crippen LogP contribution in [0.4, 0.5) is 5.82 Å². The van der Waals surface area contributed by atoms with Crippen molar-refractivity contribution in [2.75, 3.05) is 11.8 Å². The molecule has 21 heavy (non-hydrogen) atoms. The molecular weight excluding hydrogens is 361 g/mol. The number of rotatable bonds is 4. The van der Waals surface area contributed by atoms with Gasteiger partial charge in [0.1, 0.15) is 10.0 Å². The van der Waals surface area contributed by atoms with Gasteiger partial charge in [-0.1, -0.05) is 34.8 Å². The second-order valence-electron chi connectivity index (χ2n) is 3.73. The van der Waals surface area contributed by atoms with Crippen LogP contribution in [0.25, 0.3) is 0 Å². The summed E-state index contributed by atoms with van der Waals surface area (Å²) in [5.41, 5.74) is 0. The molecule has 10 heteroatoms. The van der Waals surface area contributed by atoms with E-state index in [1.54, 1.807) is 0 Å². The van der Waals surface area contributed by atoms with Gasteiger partial charge in [0.25, 0.3) is 15.9 Å². The van der Waals surface area contributed by atoms with E-state index in [9.17, 15) is 8.42 Å². The summed E-state index contributed by atoms with van der Waals surface area (Å²) < 4.78 is 31.8. The topological polar surface area (TPSA) is 81.2 Å². The molecule has 0 saturated heterocycles. The maximum absolute atomic E-state index is 12.3. The van der Waals surface area contributed by atoms with Crippen molar-refractivity contribution in [1.82, 2.24) is 9.97 Å². The summed E-state index contributed by atoms with van der Waals surface area (Å²) in [7, 11) is -2.67. The van der Waals surface area contributed by atoms with E-state index in [1.165, 1.54) is 31.5 Å². The maximum Gasteiger partial charge on any atom is 0.264 e. The van der Waals surface area contributed by atoms with Gasteiger partial charge in [-0.25, -0.2) is 18.4 Å². The molecule has 6 nitrogen and oxygen atoms in total. The molecule has 0 radical (unpaired) electrons. The van der Waals surface area contributed by atoms with Crippen LogP contribution in [0.1, 0.15) is 0 Å². The van der Waals surface area contributed by atoms with Crippen molar-refractivity contribution < 1.29 is 13.2 Å². The van der Waals surface area contributed by atoms with Gasteiger partial charge in [-0.2, -0.15) is 0 Å². The van der Waals surface area contributed by atoms with Crippen LogP contribution < -0.4 is 9.46 Å². The first-order valence-corrected chi connectivity index (χ1v) is 7.99. The van der Waals surface area contributed by atoms with E-state index in [-0.39, 0.29) is 26.8 Å². The minimum atomic E-state index is -3.99. The SMILES string of the molecule is COc1ncc(Cl)nc1NS(=O)(=O)c1ccc(Cl)cc1Cl. The third kappa shape index (κ3) is 3.68. The summed E-state index contributed by atoms with van der Waals surface area (Å²) in [6.45, 7) is 0. The first-order valence-electron chi connectivity index (χ1n) is 5.38. The first kappa shape index (κ1) is 16.1. The predicted octanol–water partition coefficient (Wildman–Crippen LogP) is 3.25. The highest BCUT2D eigenvalue weighted by Crippen LogP contribution is 2.28. The quantitative estimate of drug-likeness (QED) is 0.896. The lowest BCUT2D eigenvalue weighted by Crippen LogP contribution is -2.15. The number of aromatic nitrogens is 2. The molecule has 0 aliphatic heterocycles. The number of sulfonamides is 1. The smallest absolute Gasteiger partial charge is 0.264 e. The monoisotopic (exact) mass is 367 g/mol. The molecule has 0 fully saturated rings. The van der Waals surface area contributed by atoms with Gasteiger partial charge in [-0.3, -0.25) is 4.72 Å². The lowest BCUT2D eigenvalue weighted by Gasteiger charge is -2.11. The third-order valence-corrected chi connectivity index (χ3v) is 4.56. The van der Waals surface area contributed by atoms with Crippen LogP contribution in [0.2, 0.25) is 15.2 Å². The van der Waals surface area contributed by atoms with Crippen molar-refractivity contribution >= 4 is 50.6 Å². The number of ether oxygens (including phenoxy) is 1. The highest BCUT2D eigenvalue weighted by molar-refractivity contribution is 7.92. The van der Waals surface area contributed by atoms with Crippen molar-refractivity contribution in [1.29, 1.82) is 0 Å². The van der Waals surface area contributed by atoms with Gasteiger partial charge in [-0.15, -0.1) is 0 Å². The Bertz CT molecular complexity index is 784. The average molecular weight is 369 g/mol. The molecule has 2 aromatic rings. The number of halogens is 3. The van der Waals surface area contributed by atoms with Crippen molar-refractivity contribution in [3.63, 3.8) is 0 Å². The fourth-order valence-electron chi connectivity index (χ4n) is 1.45. The summed E-state index contributed by atoms with van der Waals surface area (Å²) in [6, 6.07) is 4.00. The van der Waals surface area contributed by atoms with Gasteiger partial charge >= 0.3 is 0 Å². The molecular formula is C11H8Cl3N3O3S. The lowest BCUT2D eigenvalue weighted by atomic mass is 10.4. The van der Waals surface area contributed by atoms with Crippen molar-refractivity contribution in [2.45, 2.75) is 4.90 Å². The van der Waals surface area contributed by atoms with E-state index >= 15 is 0 Å². The number of hydrogen-bond acceptors (Lipinski definition) is 5. The van der Waals surface area contributed by atoms with Gasteiger partial charge in [0.2, 0.25) is 5.82 Å². The summed E-state index contributed by atoms with van der Waals surface area (Å²) >= 11 is 17.3. The number of hydrogen-bond donors (Lipinski definition) is 1. The van der Waals surface area contributed by atoms with E-state index < -0.39 is 10.0 Å². The Morgan fingerprint density at radius 2 is 1.95 bits per heavy atom. The van der Waals surface area contributed by atoms with E-state index in [1.807, 2.05) is 0 Å². The molecule has 1 N–H and O–H groups in total. The zero-order chi connectivity index (χ0) is 15.6. The molecule has 0 bridgehead atoms. The highest BCUT2D eigenvalue weighted by atomic mass is 35.5. The molecule has 0 aliphatic carbocycles. The van der Waals surface area contributed by atoms with Crippen LogP contribution >= 0.6 is 34.8 Å². The van der Waals surface area contributed by atoms with Crippen LogP contribution in [0.5, 0.6) is 5.88 Å². The fourth-order valence-corrected chi connectivity index (χ4v) is 3.35. The molecule has 0 aliphatic rings. The second-order valence-corrected chi connectivity index (χ2v) is 6.61. The molecule has 1 heterocycles. The predicted molar refractivity (Wildman–Crippen MR) is 80.9 cm³/mol. The Morgan fingerprint density at radius 1 is 1.24 bits per heavy atom. The molecule has 0 amide bonds. The van der Waals surface area contributed by atoms with Crippen LogP contribution in [0.15, 0.2) is 29.3 Å². The second kappa shape index (κ2) is 6.23. The van der Waals surface area contributed by atoms with Gasteiger partial charge in [0, 0.05) is 5.02 Å². The van der Waals surface area contributed by atoms with Crippen LogP contribution in [-0.4, -0.2) is 25.5 Å².